The van der Waals surface area contributed by atoms with E-state index in [1.54, 1.807) is 7.11 Å². The number of hydrogen-bond acceptors (Lipinski definition) is 2. The van der Waals surface area contributed by atoms with E-state index in [9.17, 15) is 4.79 Å². The molecule has 4 heteroatoms. The first-order chi connectivity index (χ1) is 7.27. The minimum Gasteiger partial charge on any atom is -0.384 e. The third kappa shape index (κ3) is 4.39. The van der Waals surface area contributed by atoms with Gasteiger partial charge in [0.15, 0.2) is 0 Å². The fourth-order valence-electron chi connectivity index (χ4n) is 1.96. The number of methoxy groups -OCH3 is 1. The van der Waals surface area contributed by atoms with Gasteiger partial charge in [0.25, 0.3) is 0 Å². The number of hydrogen-bond donors (Lipinski definition) is 0. The number of likely N-dealkylation sites (tertiary alicyclic amines) is 1. The number of amides is 1. The second-order valence-electron chi connectivity index (χ2n) is 4.07. The summed E-state index contributed by atoms with van der Waals surface area (Å²) in [6.45, 7) is 2.59. The van der Waals surface area contributed by atoms with Gasteiger partial charge >= 0.3 is 0 Å². The summed E-state index contributed by atoms with van der Waals surface area (Å²) in [5, 5.41) is 0. The second-order valence-corrected chi connectivity index (χ2v) is 4.45. The number of rotatable bonds is 5. The monoisotopic (exact) mass is 233 g/mol. The molecule has 88 valence electrons. The number of alkyl halides is 1. The van der Waals surface area contributed by atoms with Crippen LogP contribution in [0.5, 0.6) is 0 Å². The molecule has 0 atom stereocenters. The van der Waals surface area contributed by atoms with Gasteiger partial charge in [0.05, 0.1) is 0 Å². The van der Waals surface area contributed by atoms with E-state index in [0.29, 0.717) is 18.2 Å². The van der Waals surface area contributed by atoms with Crippen molar-refractivity contribution in [1.29, 1.82) is 0 Å². The highest BCUT2D eigenvalue weighted by atomic mass is 35.5. The average molecular weight is 234 g/mol. The van der Waals surface area contributed by atoms with Crippen LogP contribution < -0.4 is 0 Å². The molecule has 0 aromatic carbocycles. The Bertz CT molecular complexity index is 191. The SMILES string of the molecule is COCC1CCN(C(=O)CCCCl)CC1. The third-order valence-electron chi connectivity index (χ3n) is 2.89. The number of nitrogens with zero attached hydrogens (tertiary/aromatic N) is 1. The van der Waals surface area contributed by atoms with E-state index >= 15 is 0 Å². The van der Waals surface area contributed by atoms with Crippen molar-refractivity contribution in [1.82, 2.24) is 4.90 Å². The van der Waals surface area contributed by atoms with Crippen molar-refractivity contribution in [3.8, 4) is 0 Å². The minimum absolute atomic E-state index is 0.256. The molecule has 0 aliphatic carbocycles. The molecule has 0 N–H and O–H groups in total. The molecule has 0 bridgehead atoms. The van der Waals surface area contributed by atoms with Crippen LogP contribution in [0.4, 0.5) is 0 Å². The zero-order valence-electron chi connectivity index (χ0n) is 9.38. The van der Waals surface area contributed by atoms with Crippen molar-refractivity contribution in [3.63, 3.8) is 0 Å². The molecule has 0 spiro atoms. The molecule has 0 aromatic heterocycles. The van der Waals surface area contributed by atoms with Gasteiger partial charge in [-0.05, 0) is 25.2 Å². The molecule has 1 amide bonds. The average Bonchev–Trinajstić information content (AvgIpc) is 2.27. The Morgan fingerprint density at radius 1 is 1.47 bits per heavy atom. The first-order valence-electron chi connectivity index (χ1n) is 5.60. The normalized spacial score (nSPS) is 18.1. The van der Waals surface area contributed by atoms with Gasteiger partial charge in [-0.25, -0.2) is 0 Å². The Kier molecular flexibility index (Phi) is 6.03. The van der Waals surface area contributed by atoms with Gasteiger partial charge in [-0.2, -0.15) is 0 Å². The number of ether oxygens (including phenoxy) is 1. The lowest BCUT2D eigenvalue weighted by Gasteiger charge is -2.31. The van der Waals surface area contributed by atoms with Crippen molar-refractivity contribution >= 4 is 17.5 Å². The van der Waals surface area contributed by atoms with E-state index in [-0.39, 0.29) is 5.91 Å². The Morgan fingerprint density at radius 2 is 2.13 bits per heavy atom. The van der Waals surface area contributed by atoms with Crippen LogP contribution in [-0.4, -0.2) is 43.5 Å². The largest absolute Gasteiger partial charge is 0.384 e. The van der Waals surface area contributed by atoms with Crippen LogP contribution in [0.1, 0.15) is 25.7 Å². The zero-order valence-corrected chi connectivity index (χ0v) is 10.1. The highest BCUT2D eigenvalue weighted by Crippen LogP contribution is 2.18. The summed E-state index contributed by atoms with van der Waals surface area (Å²) in [5.74, 6) is 1.46. The molecule has 0 radical (unpaired) electrons. The van der Waals surface area contributed by atoms with Crippen molar-refractivity contribution < 1.29 is 9.53 Å². The van der Waals surface area contributed by atoms with Crippen LogP contribution in [-0.2, 0) is 9.53 Å². The molecular weight excluding hydrogens is 214 g/mol. The van der Waals surface area contributed by atoms with Crippen molar-refractivity contribution in [2.75, 3.05) is 32.7 Å². The van der Waals surface area contributed by atoms with Gasteiger partial charge in [0.2, 0.25) is 5.91 Å². The first-order valence-corrected chi connectivity index (χ1v) is 6.14. The lowest BCUT2D eigenvalue weighted by Crippen LogP contribution is -2.39. The summed E-state index contributed by atoms with van der Waals surface area (Å²) in [7, 11) is 1.73. The van der Waals surface area contributed by atoms with Crippen LogP contribution >= 0.6 is 11.6 Å². The van der Waals surface area contributed by atoms with Crippen molar-refractivity contribution in [2.24, 2.45) is 5.92 Å². The predicted octanol–water partition coefficient (Wildman–Crippen LogP) is 1.89. The van der Waals surface area contributed by atoms with Gasteiger partial charge in [-0.3, -0.25) is 4.79 Å². The second kappa shape index (κ2) is 7.07. The van der Waals surface area contributed by atoms with Gasteiger partial charge in [-0.1, -0.05) is 0 Å². The van der Waals surface area contributed by atoms with E-state index in [1.165, 1.54) is 0 Å². The fourth-order valence-corrected chi connectivity index (χ4v) is 2.09. The minimum atomic E-state index is 0.256. The van der Waals surface area contributed by atoms with Crippen LogP contribution in [0.2, 0.25) is 0 Å². The molecular formula is C11H20ClNO2. The molecule has 1 aliphatic rings. The summed E-state index contributed by atoms with van der Waals surface area (Å²) < 4.78 is 5.12. The van der Waals surface area contributed by atoms with E-state index in [4.69, 9.17) is 16.3 Å². The standard InChI is InChI=1S/C11H20ClNO2/c1-15-9-10-4-7-13(8-5-10)11(14)3-2-6-12/h10H,2-9H2,1H3. The maximum Gasteiger partial charge on any atom is 0.222 e. The Labute approximate surface area is 96.7 Å². The van der Waals surface area contributed by atoms with Crippen LogP contribution in [0, 0.1) is 5.92 Å². The maximum atomic E-state index is 11.7. The summed E-state index contributed by atoms with van der Waals surface area (Å²) >= 11 is 5.56. The maximum absolute atomic E-state index is 11.7. The highest BCUT2D eigenvalue weighted by Gasteiger charge is 2.21. The molecule has 1 fully saturated rings. The van der Waals surface area contributed by atoms with Gasteiger partial charge < -0.3 is 9.64 Å². The molecule has 1 heterocycles. The third-order valence-corrected chi connectivity index (χ3v) is 3.16. The Balaban J connectivity index is 2.21. The molecule has 1 aliphatic heterocycles. The fraction of sp³-hybridized carbons (Fsp3) is 0.909. The number of carbonyl (C=O) groups excluding carboxylic acids is 1. The number of carbonyl (C=O) groups is 1. The van der Waals surface area contributed by atoms with E-state index in [0.717, 1.165) is 39.0 Å². The Morgan fingerprint density at radius 3 is 2.67 bits per heavy atom. The van der Waals surface area contributed by atoms with Gasteiger partial charge in [-0.15, -0.1) is 11.6 Å². The van der Waals surface area contributed by atoms with Crippen molar-refractivity contribution in [2.45, 2.75) is 25.7 Å². The molecule has 15 heavy (non-hydrogen) atoms. The summed E-state index contributed by atoms with van der Waals surface area (Å²) in [6.07, 6.45) is 3.53. The zero-order chi connectivity index (χ0) is 11.1. The molecule has 1 saturated heterocycles. The van der Waals surface area contributed by atoms with E-state index in [1.807, 2.05) is 4.90 Å². The van der Waals surface area contributed by atoms with Gasteiger partial charge in [0.1, 0.15) is 0 Å². The first kappa shape index (κ1) is 12.8. The quantitative estimate of drug-likeness (QED) is 0.679. The van der Waals surface area contributed by atoms with Gasteiger partial charge in [0, 0.05) is 39.1 Å². The smallest absolute Gasteiger partial charge is 0.222 e. The predicted molar refractivity (Wildman–Crippen MR) is 61.1 cm³/mol. The molecule has 0 aromatic rings. The van der Waals surface area contributed by atoms with Crippen LogP contribution in [0.3, 0.4) is 0 Å². The van der Waals surface area contributed by atoms with Crippen LogP contribution in [0.25, 0.3) is 0 Å². The number of halogens is 1. The van der Waals surface area contributed by atoms with Crippen molar-refractivity contribution in [3.05, 3.63) is 0 Å². The topological polar surface area (TPSA) is 29.5 Å². The lowest BCUT2D eigenvalue weighted by atomic mass is 9.97. The summed E-state index contributed by atoms with van der Waals surface area (Å²) in [6, 6.07) is 0. The Hall–Kier alpha value is -0.280. The lowest BCUT2D eigenvalue weighted by molar-refractivity contribution is -0.132. The van der Waals surface area contributed by atoms with Crippen LogP contribution in [0.15, 0.2) is 0 Å². The molecule has 1 rings (SSSR count). The van der Waals surface area contributed by atoms with E-state index in [2.05, 4.69) is 0 Å². The molecule has 3 nitrogen and oxygen atoms in total. The summed E-state index contributed by atoms with van der Waals surface area (Å²) in [4.78, 5) is 13.6. The van der Waals surface area contributed by atoms with E-state index < -0.39 is 0 Å². The molecule has 0 unspecified atom stereocenters. The highest BCUT2D eigenvalue weighted by molar-refractivity contribution is 6.17. The molecule has 0 saturated carbocycles. The summed E-state index contributed by atoms with van der Waals surface area (Å²) in [5.41, 5.74) is 0. The number of piperidine rings is 1.